The van der Waals surface area contributed by atoms with Crippen molar-refractivity contribution in [1.82, 2.24) is 19.9 Å². The summed E-state index contributed by atoms with van der Waals surface area (Å²) >= 11 is 1.69. The highest BCUT2D eigenvalue weighted by Gasteiger charge is 2.23. The lowest BCUT2D eigenvalue weighted by molar-refractivity contribution is 0.217. The minimum atomic E-state index is 0.215. The van der Waals surface area contributed by atoms with E-state index in [2.05, 4.69) is 37.5 Å². The molecule has 0 aromatic carbocycles. The second kappa shape index (κ2) is 10.7. The summed E-state index contributed by atoms with van der Waals surface area (Å²) in [5.74, 6) is 2.53. The molecule has 0 aliphatic heterocycles. The number of pyridine rings is 1. The Kier molecular flexibility index (Phi) is 7.75. The van der Waals surface area contributed by atoms with Crippen molar-refractivity contribution in [2.45, 2.75) is 66.2 Å². The Morgan fingerprint density at radius 2 is 1.91 bits per heavy atom. The Balaban J connectivity index is 1.70. The number of rotatable bonds is 12. The standard InChI is InChI=1S/C25H36N6OS/c1-5-16(14-32)10-11-26-23-21(15(4)28-25(31-23)27-13-17-8-9-17)24-30-22-19(7-3)29-18(6-2)12-20(22)33-24/h12,16-17,32H,5-11,13-14H2,1-4H3,(H2,26,27,28,31). The molecule has 178 valence electrons. The van der Waals surface area contributed by atoms with Crippen LogP contribution in [0.2, 0.25) is 0 Å². The number of aliphatic hydroxyl groups excluding tert-OH is 1. The smallest absolute Gasteiger partial charge is 0.224 e. The number of nitrogens with one attached hydrogen (secondary N) is 2. The molecule has 0 saturated heterocycles. The van der Waals surface area contributed by atoms with Gasteiger partial charge in [0.15, 0.2) is 0 Å². The number of nitrogens with zero attached hydrogens (tertiary/aromatic N) is 4. The van der Waals surface area contributed by atoms with Crippen LogP contribution >= 0.6 is 11.3 Å². The van der Waals surface area contributed by atoms with Gasteiger partial charge in [0.2, 0.25) is 5.95 Å². The van der Waals surface area contributed by atoms with E-state index in [1.165, 1.54) is 17.5 Å². The van der Waals surface area contributed by atoms with Gasteiger partial charge in [-0.05, 0) is 56.9 Å². The second-order valence-electron chi connectivity index (χ2n) is 8.99. The van der Waals surface area contributed by atoms with Gasteiger partial charge in [-0.15, -0.1) is 11.3 Å². The van der Waals surface area contributed by atoms with E-state index >= 15 is 0 Å². The summed E-state index contributed by atoms with van der Waals surface area (Å²) < 4.78 is 1.17. The van der Waals surface area contributed by atoms with Crippen molar-refractivity contribution < 1.29 is 5.11 Å². The largest absolute Gasteiger partial charge is 0.396 e. The number of aliphatic hydroxyl groups is 1. The lowest BCUT2D eigenvalue weighted by Crippen LogP contribution is -2.15. The molecule has 1 saturated carbocycles. The molecular formula is C25H36N6OS. The zero-order valence-corrected chi connectivity index (χ0v) is 21.1. The normalized spacial score (nSPS) is 14.6. The van der Waals surface area contributed by atoms with Gasteiger partial charge in [-0.25, -0.2) is 9.97 Å². The predicted octanol–water partition coefficient (Wildman–Crippen LogP) is 5.22. The molecular weight excluding hydrogens is 432 g/mol. The zero-order valence-electron chi connectivity index (χ0n) is 20.2. The van der Waals surface area contributed by atoms with Crippen molar-refractivity contribution in [3.05, 3.63) is 23.1 Å². The molecule has 1 aliphatic rings. The summed E-state index contributed by atoms with van der Waals surface area (Å²) in [7, 11) is 0. The van der Waals surface area contributed by atoms with Crippen molar-refractivity contribution in [1.29, 1.82) is 0 Å². The van der Waals surface area contributed by atoms with Crippen LogP contribution in [0.15, 0.2) is 6.07 Å². The maximum absolute atomic E-state index is 9.57. The molecule has 0 bridgehead atoms. The third-order valence-corrected chi connectivity index (χ3v) is 7.45. The fourth-order valence-electron chi connectivity index (χ4n) is 3.99. The fraction of sp³-hybridized carbons (Fsp3) is 0.600. The van der Waals surface area contributed by atoms with Crippen molar-refractivity contribution in [2.75, 3.05) is 30.3 Å². The Morgan fingerprint density at radius 1 is 1.09 bits per heavy atom. The van der Waals surface area contributed by atoms with Gasteiger partial charge in [0.05, 0.1) is 21.7 Å². The predicted molar refractivity (Wildman–Crippen MR) is 137 cm³/mol. The third-order valence-electron chi connectivity index (χ3n) is 6.43. The molecule has 0 spiro atoms. The third kappa shape index (κ3) is 5.61. The van der Waals surface area contributed by atoms with Crippen molar-refractivity contribution in [3.63, 3.8) is 0 Å². The molecule has 1 aliphatic carbocycles. The van der Waals surface area contributed by atoms with Crippen LogP contribution in [-0.2, 0) is 12.8 Å². The minimum absolute atomic E-state index is 0.215. The molecule has 3 heterocycles. The average molecular weight is 469 g/mol. The molecule has 3 N–H and O–H groups in total. The monoisotopic (exact) mass is 468 g/mol. The van der Waals surface area contributed by atoms with Crippen LogP contribution in [0.5, 0.6) is 0 Å². The summed E-state index contributed by atoms with van der Waals surface area (Å²) in [6.45, 7) is 10.3. The average Bonchev–Trinajstić information content (AvgIpc) is 3.56. The number of hydrogen-bond donors (Lipinski definition) is 3. The van der Waals surface area contributed by atoms with E-state index < -0.39 is 0 Å². The minimum Gasteiger partial charge on any atom is -0.396 e. The van der Waals surface area contributed by atoms with Gasteiger partial charge >= 0.3 is 0 Å². The molecule has 7 nitrogen and oxygen atoms in total. The molecule has 1 atom stereocenters. The van der Waals surface area contributed by atoms with Crippen LogP contribution in [0.3, 0.4) is 0 Å². The number of fused-ring (bicyclic) bond motifs is 1. The van der Waals surface area contributed by atoms with Crippen molar-refractivity contribution in [2.24, 2.45) is 11.8 Å². The maximum Gasteiger partial charge on any atom is 0.224 e. The molecule has 3 aromatic heterocycles. The Bertz CT molecular complexity index is 1090. The van der Waals surface area contributed by atoms with E-state index in [1.54, 1.807) is 11.3 Å². The fourth-order valence-corrected chi connectivity index (χ4v) is 5.14. The molecule has 4 rings (SSSR count). The Hall–Kier alpha value is -2.32. The highest BCUT2D eigenvalue weighted by molar-refractivity contribution is 7.21. The lowest BCUT2D eigenvalue weighted by Gasteiger charge is -2.16. The van der Waals surface area contributed by atoms with Crippen LogP contribution in [0.1, 0.15) is 63.5 Å². The first-order chi connectivity index (χ1) is 16.1. The van der Waals surface area contributed by atoms with Crippen LogP contribution in [0.25, 0.3) is 20.8 Å². The molecule has 3 aromatic rings. The Morgan fingerprint density at radius 3 is 2.58 bits per heavy atom. The van der Waals surface area contributed by atoms with Gasteiger partial charge < -0.3 is 15.7 Å². The van der Waals surface area contributed by atoms with Crippen LogP contribution < -0.4 is 10.6 Å². The summed E-state index contributed by atoms with van der Waals surface area (Å²) in [4.78, 5) is 19.5. The zero-order chi connectivity index (χ0) is 23.4. The number of aromatic nitrogens is 4. The summed E-state index contributed by atoms with van der Waals surface area (Å²) in [6.07, 6.45) is 6.20. The summed E-state index contributed by atoms with van der Waals surface area (Å²) in [5, 5.41) is 17.5. The highest BCUT2D eigenvalue weighted by atomic mass is 32.1. The van der Waals surface area contributed by atoms with Gasteiger partial charge in [-0.3, -0.25) is 4.98 Å². The van der Waals surface area contributed by atoms with E-state index in [9.17, 15) is 5.11 Å². The van der Waals surface area contributed by atoms with Gasteiger partial charge in [-0.1, -0.05) is 27.2 Å². The van der Waals surface area contributed by atoms with E-state index in [1.807, 2.05) is 6.92 Å². The van der Waals surface area contributed by atoms with Gasteiger partial charge in [0, 0.05) is 25.4 Å². The number of hydrogen-bond acceptors (Lipinski definition) is 8. The number of anilines is 2. The van der Waals surface area contributed by atoms with Gasteiger partial charge in [0.1, 0.15) is 16.3 Å². The number of aryl methyl sites for hydroxylation is 3. The topological polar surface area (TPSA) is 95.9 Å². The van der Waals surface area contributed by atoms with Gasteiger partial charge in [0.25, 0.3) is 0 Å². The van der Waals surface area contributed by atoms with E-state index in [0.717, 1.165) is 83.7 Å². The molecule has 1 unspecified atom stereocenters. The first-order valence-electron chi connectivity index (χ1n) is 12.3. The van der Waals surface area contributed by atoms with Gasteiger partial charge in [-0.2, -0.15) is 4.98 Å². The highest BCUT2D eigenvalue weighted by Crippen LogP contribution is 2.37. The molecule has 1 fully saturated rings. The first kappa shape index (κ1) is 23.8. The van der Waals surface area contributed by atoms with Crippen LogP contribution in [0.4, 0.5) is 11.8 Å². The van der Waals surface area contributed by atoms with Crippen molar-refractivity contribution >= 4 is 33.3 Å². The number of thiazole rings is 1. The molecule has 8 heteroatoms. The SMILES string of the molecule is CCc1cc2sc(-c3c(C)nc(NCC4CC4)nc3NCCC(CC)CO)nc2c(CC)n1. The summed E-state index contributed by atoms with van der Waals surface area (Å²) in [5.41, 5.74) is 5.03. The quantitative estimate of drug-likeness (QED) is 0.335. The van der Waals surface area contributed by atoms with Crippen molar-refractivity contribution in [3.8, 4) is 10.6 Å². The molecule has 0 radical (unpaired) electrons. The van der Waals surface area contributed by atoms with Crippen LogP contribution in [0, 0.1) is 18.8 Å². The molecule has 0 amide bonds. The van der Waals surface area contributed by atoms with E-state index in [4.69, 9.17) is 19.9 Å². The maximum atomic E-state index is 9.57. The van der Waals surface area contributed by atoms with E-state index in [0.29, 0.717) is 11.9 Å². The van der Waals surface area contributed by atoms with Crippen LogP contribution in [-0.4, -0.2) is 44.7 Å². The lowest BCUT2D eigenvalue weighted by atomic mass is 10.0. The molecule has 33 heavy (non-hydrogen) atoms. The summed E-state index contributed by atoms with van der Waals surface area (Å²) in [6, 6.07) is 2.16. The first-order valence-corrected chi connectivity index (χ1v) is 13.1. The Labute approximate surface area is 200 Å². The second-order valence-corrected chi connectivity index (χ2v) is 10.0. The van der Waals surface area contributed by atoms with E-state index in [-0.39, 0.29) is 6.61 Å².